The fourth-order valence-corrected chi connectivity index (χ4v) is 5.79. The van der Waals surface area contributed by atoms with Gasteiger partial charge in [-0.2, -0.15) is 0 Å². The highest BCUT2D eigenvalue weighted by atomic mass is 14.3. The van der Waals surface area contributed by atoms with Crippen molar-refractivity contribution in [2.24, 2.45) is 0 Å². The first-order chi connectivity index (χ1) is 18.4. The van der Waals surface area contributed by atoms with Crippen molar-refractivity contribution in [2.45, 2.75) is 6.42 Å². The monoisotopic (exact) mass is 469 g/mol. The highest BCUT2D eigenvalue weighted by molar-refractivity contribution is 6.06. The molecule has 0 aliphatic heterocycles. The second kappa shape index (κ2) is 9.08. The van der Waals surface area contributed by atoms with E-state index in [2.05, 4.69) is 146 Å². The van der Waals surface area contributed by atoms with Gasteiger partial charge in [0.15, 0.2) is 0 Å². The molecule has 0 saturated heterocycles. The van der Waals surface area contributed by atoms with E-state index in [4.69, 9.17) is 0 Å². The van der Waals surface area contributed by atoms with Crippen molar-refractivity contribution in [2.75, 3.05) is 0 Å². The molecule has 0 unspecified atom stereocenters. The molecule has 0 heteroatoms. The summed E-state index contributed by atoms with van der Waals surface area (Å²) in [4.78, 5) is 0. The van der Waals surface area contributed by atoms with Crippen molar-refractivity contribution < 1.29 is 0 Å². The Labute approximate surface area is 218 Å². The second-order valence-corrected chi connectivity index (χ2v) is 9.59. The highest BCUT2D eigenvalue weighted by Gasteiger charge is 2.29. The number of fused-ring (bicyclic) bond motifs is 3. The summed E-state index contributed by atoms with van der Waals surface area (Å²) in [5.74, 6) is 0. The third-order valence-electron chi connectivity index (χ3n) is 7.42. The van der Waals surface area contributed by atoms with Gasteiger partial charge in [0.25, 0.3) is 0 Å². The van der Waals surface area contributed by atoms with Gasteiger partial charge in [0.2, 0.25) is 0 Å². The number of benzene rings is 6. The first kappa shape index (κ1) is 21.6. The summed E-state index contributed by atoms with van der Waals surface area (Å²) < 4.78 is 0. The smallest absolute Gasteiger partial charge is 0.000681 e. The Kier molecular flexibility index (Phi) is 5.30. The molecular weight excluding hydrogens is 444 g/mol. The van der Waals surface area contributed by atoms with Crippen LogP contribution in [-0.4, -0.2) is 0 Å². The molecule has 173 valence electrons. The number of hydrogen-bond acceptors (Lipinski definition) is 0. The van der Waals surface area contributed by atoms with Crippen LogP contribution in [0.3, 0.4) is 0 Å². The van der Waals surface area contributed by atoms with Crippen molar-refractivity contribution in [1.82, 2.24) is 0 Å². The summed E-state index contributed by atoms with van der Waals surface area (Å²) in [6.07, 6.45) is 0.897. The molecule has 0 heterocycles. The largest absolute Gasteiger partial charge is 0.0622 e. The van der Waals surface area contributed by atoms with Gasteiger partial charge in [0.05, 0.1) is 0 Å². The minimum atomic E-state index is 0.897. The van der Waals surface area contributed by atoms with E-state index in [0.717, 1.165) is 6.42 Å². The Morgan fingerprint density at radius 2 is 0.838 bits per heavy atom. The Bertz CT molecular complexity index is 1570. The molecule has 37 heavy (non-hydrogen) atoms. The fourth-order valence-electron chi connectivity index (χ4n) is 5.79. The predicted molar refractivity (Wildman–Crippen MR) is 155 cm³/mol. The van der Waals surface area contributed by atoms with Gasteiger partial charge in [0.1, 0.15) is 0 Å². The zero-order chi connectivity index (χ0) is 24.6. The van der Waals surface area contributed by atoms with Crippen LogP contribution in [0.25, 0.3) is 55.6 Å². The maximum Gasteiger partial charge on any atom is -0.000681 e. The summed E-state index contributed by atoms with van der Waals surface area (Å²) in [6.45, 7) is 0. The Balaban J connectivity index is 1.61. The van der Waals surface area contributed by atoms with E-state index >= 15 is 0 Å². The summed E-state index contributed by atoms with van der Waals surface area (Å²) in [5.41, 5.74) is 15.3. The molecule has 0 saturated carbocycles. The molecular formula is C37H25. The Morgan fingerprint density at radius 1 is 0.378 bits per heavy atom. The van der Waals surface area contributed by atoms with E-state index in [1.165, 1.54) is 66.8 Å². The SMILES string of the molecule is [c]1cc(-c2ccccc2)c(-c2ccccc2)c2c1Cc1ccc(-c3ccccc3)c(-c3ccccc3)c1-2. The first-order valence-corrected chi connectivity index (χ1v) is 12.8. The quantitative estimate of drug-likeness (QED) is 0.241. The van der Waals surface area contributed by atoms with E-state index in [0.29, 0.717) is 0 Å². The lowest BCUT2D eigenvalue weighted by atomic mass is 9.82. The van der Waals surface area contributed by atoms with Crippen LogP contribution in [0.4, 0.5) is 0 Å². The van der Waals surface area contributed by atoms with Crippen molar-refractivity contribution >= 4 is 0 Å². The normalized spacial score (nSPS) is 11.7. The molecule has 0 spiro atoms. The minimum Gasteiger partial charge on any atom is -0.0622 e. The molecule has 1 radical (unpaired) electrons. The highest BCUT2D eigenvalue weighted by Crippen LogP contribution is 2.52. The molecule has 6 aromatic carbocycles. The van der Waals surface area contributed by atoms with Gasteiger partial charge >= 0.3 is 0 Å². The van der Waals surface area contributed by atoms with E-state index in [-0.39, 0.29) is 0 Å². The maximum absolute atomic E-state index is 3.71. The van der Waals surface area contributed by atoms with Gasteiger partial charge in [0, 0.05) is 0 Å². The summed E-state index contributed by atoms with van der Waals surface area (Å²) in [7, 11) is 0. The number of hydrogen-bond donors (Lipinski definition) is 0. The Hall–Kier alpha value is -4.68. The second-order valence-electron chi connectivity index (χ2n) is 9.59. The van der Waals surface area contributed by atoms with Crippen LogP contribution in [0.1, 0.15) is 11.1 Å². The molecule has 0 fully saturated rings. The molecule has 0 nitrogen and oxygen atoms in total. The van der Waals surface area contributed by atoms with Crippen molar-refractivity contribution in [3.8, 4) is 55.6 Å². The molecule has 0 bridgehead atoms. The van der Waals surface area contributed by atoms with E-state index in [9.17, 15) is 0 Å². The van der Waals surface area contributed by atoms with Crippen LogP contribution in [0, 0.1) is 6.07 Å². The van der Waals surface area contributed by atoms with Crippen LogP contribution < -0.4 is 0 Å². The molecule has 0 aromatic heterocycles. The van der Waals surface area contributed by atoms with Gasteiger partial charge in [-0.1, -0.05) is 133 Å². The van der Waals surface area contributed by atoms with Crippen molar-refractivity contribution in [1.29, 1.82) is 0 Å². The fraction of sp³-hybridized carbons (Fsp3) is 0.0270. The van der Waals surface area contributed by atoms with Gasteiger partial charge in [-0.15, -0.1) is 0 Å². The van der Waals surface area contributed by atoms with Crippen LogP contribution >= 0.6 is 0 Å². The lowest BCUT2D eigenvalue weighted by Crippen LogP contribution is -1.95. The van der Waals surface area contributed by atoms with Crippen molar-refractivity contribution in [3.63, 3.8) is 0 Å². The third kappa shape index (κ3) is 3.70. The van der Waals surface area contributed by atoms with E-state index in [1.807, 2.05) is 0 Å². The molecule has 1 aliphatic carbocycles. The lowest BCUT2D eigenvalue weighted by molar-refractivity contribution is 1.26. The van der Waals surface area contributed by atoms with Crippen LogP contribution in [0.15, 0.2) is 140 Å². The molecule has 7 rings (SSSR count). The zero-order valence-corrected chi connectivity index (χ0v) is 20.5. The average molecular weight is 470 g/mol. The van der Waals surface area contributed by atoms with E-state index < -0.39 is 0 Å². The molecule has 0 atom stereocenters. The lowest BCUT2D eigenvalue weighted by Gasteiger charge is -2.20. The first-order valence-electron chi connectivity index (χ1n) is 12.8. The van der Waals surface area contributed by atoms with Crippen LogP contribution in [0.5, 0.6) is 0 Å². The van der Waals surface area contributed by atoms with Crippen LogP contribution in [0.2, 0.25) is 0 Å². The van der Waals surface area contributed by atoms with Gasteiger partial charge in [-0.25, -0.2) is 0 Å². The molecule has 0 amide bonds. The number of rotatable bonds is 4. The van der Waals surface area contributed by atoms with Gasteiger partial charge < -0.3 is 0 Å². The Morgan fingerprint density at radius 3 is 1.38 bits per heavy atom. The summed E-state index contributed by atoms with van der Waals surface area (Å²) in [5, 5.41) is 0. The van der Waals surface area contributed by atoms with Gasteiger partial charge in [-0.3, -0.25) is 0 Å². The predicted octanol–water partition coefficient (Wildman–Crippen LogP) is 9.73. The molecule has 1 aliphatic rings. The zero-order valence-electron chi connectivity index (χ0n) is 20.5. The van der Waals surface area contributed by atoms with E-state index in [1.54, 1.807) is 0 Å². The van der Waals surface area contributed by atoms with Gasteiger partial charge in [-0.05, 0) is 85.3 Å². The summed E-state index contributed by atoms with van der Waals surface area (Å²) >= 11 is 0. The van der Waals surface area contributed by atoms with Crippen molar-refractivity contribution in [3.05, 3.63) is 157 Å². The maximum atomic E-state index is 3.71. The molecule has 0 N–H and O–H groups in total. The standard InChI is InChI=1S/C37H25/c1-5-13-26(14-6-1)32-23-21-30-25-31-22-24-33(27-15-7-2-8-16-27)35(29-19-11-4-12-20-29)37(31)36(30)34(32)28-17-9-3-10-18-28/h1-21,23-24H,25H2. The third-order valence-corrected chi connectivity index (χ3v) is 7.42. The minimum absolute atomic E-state index is 0.897. The average Bonchev–Trinajstić information content (AvgIpc) is 3.37. The molecule has 6 aromatic rings. The topological polar surface area (TPSA) is 0 Å². The van der Waals surface area contributed by atoms with Crippen LogP contribution in [-0.2, 0) is 6.42 Å². The summed E-state index contributed by atoms with van der Waals surface area (Å²) in [6, 6.07) is 53.8.